The lowest BCUT2D eigenvalue weighted by molar-refractivity contribution is -0.140. The van der Waals surface area contributed by atoms with E-state index < -0.39 is 10.0 Å². The largest absolute Gasteiger partial charge is 0.339 e. The van der Waals surface area contributed by atoms with E-state index in [1.807, 2.05) is 0 Å². The predicted molar refractivity (Wildman–Crippen MR) is 105 cm³/mol. The summed E-state index contributed by atoms with van der Waals surface area (Å²) in [6.45, 7) is 1.93. The Bertz CT molecular complexity index is 789. The summed E-state index contributed by atoms with van der Waals surface area (Å²) >= 11 is 3.30. The molecule has 0 unspecified atom stereocenters. The third-order valence-electron chi connectivity index (χ3n) is 5.04. The van der Waals surface area contributed by atoms with E-state index in [2.05, 4.69) is 15.9 Å². The molecule has 0 saturated carbocycles. The maximum absolute atomic E-state index is 12.7. The molecule has 2 amide bonds. The minimum absolute atomic E-state index is 0.0392. The number of carbonyl (C=O) groups is 2. The van der Waals surface area contributed by atoms with Crippen molar-refractivity contribution in [3.8, 4) is 0 Å². The van der Waals surface area contributed by atoms with Gasteiger partial charge in [-0.2, -0.15) is 4.31 Å². The first-order valence-electron chi connectivity index (χ1n) is 9.19. The predicted octanol–water partition coefficient (Wildman–Crippen LogP) is 1.68. The minimum atomic E-state index is -3.56. The molecule has 1 aromatic carbocycles. The van der Waals surface area contributed by atoms with Crippen LogP contribution in [0, 0.1) is 0 Å². The number of amides is 2. The molecule has 0 N–H and O–H groups in total. The van der Waals surface area contributed by atoms with Gasteiger partial charge in [0.15, 0.2) is 0 Å². The highest BCUT2D eigenvalue weighted by molar-refractivity contribution is 9.10. The molecule has 2 saturated heterocycles. The SMILES string of the molecule is O=C(CN1CCCCCC1=O)N1CCN(S(=O)(=O)c2ccc(Br)cc2)CC1. The summed E-state index contributed by atoms with van der Waals surface area (Å²) in [6.07, 6.45) is 3.34. The Morgan fingerprint density at radius 3 is 2.30 bits per heavy atom. The van der Waals surface area contributed by atoms with E-state index in [9.17, 15) is 18.0 Å². The molecule has 2 aliphatic rings. The second-order valence-electron chi connectivity index (χ2n) is 6.86. The van der Waals surface area contributed by atoms with E-state index in [-0.39, 0.29) is 36.3 Å². The molecule has 9 heteroatoms. The summed E-state index contributed by atoms with van der Waals surface area (Å²) in [7, 11) is -3.56. The van der Waals surface area contributed by atoms with E-state index in [0.29, 0.717) is 26.1 Å². The van der Waals surface area contributed by atoms with Crippen molar-refractivity contribution in [3.05, 3.63) is 28.7 Å². The third-order valence-corrected chi connectivity index (χ3v) is 7.48. The Balaban J connectivity index is 1.57. The van der Waals surface area contributed by atoms with Crippen molar-refractivity contribution in [2.45, 2.75) is 30.6 Å². The van der Waals surface area contributed by atoms with Gasteiger partial charge in [-0.05, 0) is 37.1 Å². The second-order valence-corrected chi connectivity index (χ2v) is 9.72. The lowest BCUT2D eigenvalue weighted by atomic mass is 10.2. The van der Waals surface area contributed by atoms with Crippen LogP contribution in [-0.2, 0) is 19.6 Å². The second kappa shape index (κ2) is 8.70. The Morgan fingerprint density at radius 2 is 1.63 bits per heavy atom. The van der Waals surface area contributed by atoms with Crippen LogP contribution in [0.3, 0.4) is 0 Å². The normalized spacial score (nSPS) is 19.8. The molecule has 2 fully saturated rings. The van der Waals surface area contributed by atoms with Crippen LogP contribution in [0.25, 0.3) is 0 Å². The molecule has 0 bridgehead atoms. The summed E-state index contributed by atoms with van der Waals surface area (Å²) in [4.78, 5) is 28.2. The van der Waals surface area contributed by atoms with Crippen molar-refractivity contribution in [2.24, 2.45) is 0 Å². The molecular formula is C18H24BrN3O4S. The van der Waals surface area contributed by atoms with Crippen molar-refractivity contribution in [2.75, 3.05) is 39.3 Å². The fourth-order valence-electron chi connectivity index (χ4n) is 3.40. The number of nitrogens with zero attached hydrogens (tertiary/aromatic N) is 3. The lowest BCUT2D eigenvalue weighted by Gasteiger charge is -2.35. The smallest absolute Gasteiger partial charge is 0.243 e. The molecule has 0 aromatic heterocycles. The molecule has 3 rings (SSSR count). The van der Waals surface area contributed by atoms with Crippen molar-refractivity contribution < 1.29 is 18.0 Å². The number of benzene rings is 1. The average molecular weight is 458 g/mol. The van der Waals surface area contributed by atoms with Crippen LogP contribution in [0.2, 0.25) is 0 Å². The number of hydrogen-bond donors (Lipinski definition) is 0. The Kier molecular flexibility index (Phi) is 6.54. The van der Waals surface area contributed by atoms with Crippen LogP contribution < -0.4 is 0 Å². The van der Waals surface area contributed by atoms with Gasteiger partial charge in [0, 0.05) is 43.6 Å². The fraction of sp³-hybridized carbons (Fsp3) is 0.556. The molecule has 2 aliphatic heterocycles. The van der Waals surface area contributed by atoms with Gasteiger partial charge >= 0.3 is 0 Å². The number of sulfonamides is 1. The number of piperazine rings is 1. The monoisotopic (exact) mass is 457 g/mol. The van der Waals surface area contributed by atoms with Gasteiger partial charge in [0.25, 0.3) is 0 Å². The molecule has 0 atom stereocenters. The van der Waals surface area contributed by atoms with Gasteiger partial charge < -0.3 is 9.80 Å². The van der Waals surface area contributed by atoms with Crippen LogP contribution in [-0.4, -0.2) is 73.6 Å². The molecular weight excluding hydrogens is 434 g/mol. The van der Waals surface area contributed by atoms with E-state index in [0.717, 1.165) is 23.7 Å². The van der Waals surface area contributed by atoms with E-state index in [1.54, 1.807) is 34.1 Å². The quantitative estimate of drug-likeness (QED) is 0.688. The highest BCUT2D eigenvalue weighted by atomic mass is 79.9. The summed E-state index contributed by atoms with van der Waals surface area (Å²) in [6, 6.07) is 6.54. The van der Waals surface area contributed by atoms with E-state index in [1.165, 1.54) is 4.31 Å². The average Bonchev–Trinajstić information content (AvgIpc) is 2.86. The van der Waals surface area contributed by atoms with Gasteiger partial charge in [0.05, 0.1) is 11.4 Å². The molecule has 0 aliphatic carbocycles. The highest BCUT2D eigenvalue weighted by Gasteiger charge is 2.31. The maximum Gasteiger partial charge on any atom is 0.243 e. The fourth-order valence-corrected chi connectivity index (χ4v) is 5.09. The highest BCUT2D eigenvalue weighted by Crippen LogP contribution is 2.20. The van der Waals surface area contributed by atoms with Crippen LogP contribution in [0.4, 0.5) is 0 Å². The van der Waals surface area contributed by atoms with Crippen LogP contribution >= 0.6 is 15.9 Å². The van der Waals surface area contributed by atoms with Gasteiger partial charge in [-0.25, -0.2) is 8.42 Å². The van der Waals surface area contributed by atoms with Crippen molar-refractivity contribution in [1.82, 2.24) is 14.1 Å². The van der Waals surface area contributed by atoms with Gasteiger partial charge in [0.2, 0.25) is 21.8 Å². The van der Waals surface area contributed by atoms with Gasteiger partial charge in [0.1, 0.15) is 0 Å². The third kappa shape index (κ3) is 4.89. The zero-order valence-electron chi connectivity index (χ0n) is 15.1. The molecule has 0 radical (unpaired) electrons. The minimum Gasteiger partial charge on any atom is -0.339 e. The molecule has 0 spiro atoms. The van der Waals surface area contributed by atoms with Crippen LogP contribution in [0.1, 0.15) is 25.7 Å². The molecule has 27 heavy (non-hydrogen) atoms. The molecule has 148 valence electrons. The number of halogens is 1. The first kappa shape index (κ1) is 20.3. The van der Waals surface area contributed by atoms with Gasteiger partial charge in [-0.15, -0.1) is 0 Å². The van der Waals surface area contributed by atoms with E-state index in [4.69, 9.17) is 0 Å². The van der Waals surface area contributed by atoms with Gasteiger partial charge in [-0.1, -0.05) is 22.4 Å². The zero-order valence-corrected chi connectivity index (χ0v) is 17.5. The topological polar surface area (TPSA) is 78.0 Å². The molecule has 1 aromatic rings. The molecule has 2 heterocycles. The van der Waals surface area contributed by atoms with Crippen LogP contribution in [0.5, 0.6) is 0 Å². The number of likely N-dealkylation sites (tertiary alicyclic amines) is 1. The molecule has 7 nitrogen and oxygen atoms in total. The van der Waals surface area contributed by atoms with E-state index >= 15 is 0 Å². The standard InChI is InChI=1S/C18H24BrN3O4S/c19-15-5-7-16(8-6-15)27(25,26)22-12-10-20(11-13-22)18(24)14-21-9-3-1-2-4-17(21)23/h5-8H,1-4,9-14H2. The maximum atomic E-state index is 12.7. The zero-order chi connectivity index (χ0) is 19.4. The summed E-state index contributed by atoms with van der Waals surface area (Å²) in [5, 5.41) is 0. The first-order valence-corrected chi connectivity index (χ1v) is 11.4. The first-order chi connectivity index (χ1) is 12.9. The Labute approximate surface area is 168 Å². The summed E-state index contributed by atoms with van der Waals surface area (Å²) < 4.78 is 27.7. The Hall–Kier alpha value is -1.45. The lowest BCUT2D eigenvalue weighted by Crippen LogP contribution is -2.53. The number of rotatable bonds is 4. The van der Waals surface area contributed by atoms with Crippen molar-refractivity contribution >= 4 is 37.8 Å². The van der Waals surface area contributed by atoms with Crippen molar-refractivity contribution in [1.29, 1.82) is 0 Å². The van der Waals surface area contributed by atoms with Gasteiger partial charge in [-0.3, -0.25) is 9.59 Å². The summed E-state index contributed by atoms with van der Waals surface area (Å²) in [5.74, 6) is -0.0664. The number of hydrogen-bond acceptors (Lipinski definition) is 4. The van der Waals surface area contributed by atoms with Crippen molar-refractivity contribution in [3.63, 3.8) is 0 Å². The Morgan fingerprint density at radius 1 is 0.963 bits per heavy atom. The van der Waals surface area contributed by atoms with Crippen LogP contribution in [0.15, 0.2) is 33.6 Å². The summed E-state index contributed by atoms with van der Waals surface area (Å²) in [5.41, 5.74) is 0. The number of carbonyl (C=O) groups excluding carboxylic acids is 2.